The van der Waals surface area contributed by atoms with Crippen molar-refractivity contribution in [3.05, 3.63) is 35.4 Å². The van der Waals surface area contributed by atoms with Crippen molar-refractivity contribution in [3.63, 3.8) is 0 Å². The number of carbonyl (C=O) groups excluding carboxylic acids is 2. The van der Waals surface area contributed by atoms with E-state index in [0.29, 0.717) is 18.5 Å². The highest BCUT2D eigenvalue weighted by Gasteiger charge is 2.18. The first-order valence-electron chi connectivity index (χ1n) is 7.18. The van der Waals surface area contributed by atoms with Gasteiger partial charge in [-0.25, -0.2) is 4.79 Å². The number of aromatic carboxylic acids is 1. The molecule has 0 aliphatic carbocycles. The minimum absolute atomic E-state index is 0.114. The fourth-order valence-electron chi connectivity index (χ4n) is 2.23. The topological polar surface area (TPSA) is 101 Å². The van der Waals surface area contributed by atoms with Crippen LogP contribution in [0.15, 0.2) is 24.3 Å². The number of carbonyl (C=O) groups is 3. The Kier molecular flexibility index (Phi) is 6.56. The molecule has 0 aliphatic rings. The van der Waals surface area contributed by atoms with E-state index in [1.54, 1.807) is 18.2 Å². The van der Waals surface area contributed by atoms with Gasteiger partial charge in [-0.1, -0.05) is 32.0 Å². The Labute approximate surface area is 129 Å². The van der Waals surface area contributed by atoms with Gasteiger partial charge in [-0.2, -0.15) is 0 Å². The van der Waals surface area contributed by atoms with Crippen molar-refractivity contribution < 1.29 is 19.5 Å². The van der Waals surface area contributed by atoms with Crippen LogP contribution < -0.4 is 5.73 Å². The lowest BCUT2D eigenvalue weighted by molar-refractivity contribution is -0.135. The van der Waals surface area contributed by atoms with Gasteiger partial charge in [-0.05, 0) is 24.0 Å². The molecule has 0 unspecified atom stereocenters. The first-order valence-corrected chi connectivity index (χ1v) is 7.18. The summed E-state index contributed by atoms with van der Waals surface area (Å²) in [5.41, 5.74) is 5.97. The van der Waals surface area contributed by atoms with E-state index in [0.717, 1.165) is 0 Å². The maximum absolute atomic E-state index is 12.2. The molecule has 0 saturated carbocycles. The number of carboxylic acid groups (broad SMARTS) is 1. The smallest absolute Gasteiger partial charge is 0.335 e. The molecular formula is C16H22N2O4. The molecule has 0 heterocycles. The average Bonchev–Trinajstić information content (AvgIpc) is 2.43. The highest BCUT2D eigenvalue weighted by atomic mass is 16.4. The van der Waals surface area contributed by atoms with Gasteiger partial charge in [0.05, 0.1) is 12.1 Å². The van der Waals surface area contributed by atoms with Gasteiger partial charge in [0.2, 0.25) is 11.8 Å². The predicted octanol–water partition coefficient (Wildman–Crippen LogP) is 1.29. The van der Waals surface area contributed by atoms with E-state index in [9.17, 15) is 14.4 Å². The highest BCUT2D eigenvalue weighted by Crippen LogP contribution is 2.12. The molecule has 0 bridgehead atoms. The number of benzene rings is 1. The van der Waals surface area contributed by atoms with Gasteiger partial charge in [-0.3, -0.25) is 9.59 Å². The Balaban J connectivity index is 2.74. The molecule has 0 atom stereocenters. The molecule has 1 aromatic carbocycles. The molecule has 2 amide bonds. The van der Waals surface area contributed by atoms with Crippen molar-refractivity contribution in [2.45, 2.75) is 26.7 Å². The van der Waals surface area contributed by atoms with E-state index in [-0.39, 0.29) is 30.4 Å². The molecular weight excluding hydrogens is 284 g/mol. The van der Waals surface area contributed by atoms with Crippen molar-refractivity contribution >= 4 is 17.8 Å². The highest BCUT2D eigenvalue weighted by molar-refractivity contribution is 5.89. The van der Waals surface area contributed by atoms with E-state index in [4.69, 9.17) is 10.8 Å². The zero-order chi connectivity index (χ0) is 16.7. The van der Waals surface area contributed by atoms with Crippen LogP contribution in [0.1, 0.15) is 36.2 Å². The van der Waals surface area contributed by atoms with Crippen molar-refractivity contribution in [1.29, 1.82) is 0 Å². The molecule has 0 saturated heterocycles. The predicted molar refractivity (Wildman–Crippen MR) is 82.3 cm³/mol. The standard InChI is InChI=1S/C16H22N2O4/c1-11(2)9-18(10-14(17)19)15(20)8-7-12-5-3-4-6-13(12)16(21)22/h3-6,11H,7-10H2,1-2H3,(H2,17,19)(H,21,22). The van der Waals surface area contributed by atoms with Crippen LogP contribution >= 0.6 is 0 Å². The van der Waals surface area contributed by atoms with Gasteiger partial charge in [0.1, 0.15) is 0 Å². The average molecular weight is 306 g/mol. The summed E-state index contributed by atoms with van der Waals surface area (Å²) in [6, 6.07) is 6.59. The van der Waals surface area contributed by atoms with E-state index in [1.165, 1.54) is 11.0 Å². The summed E-state index contributed by atoms with van der Waals surface area (Å²) in [4.78, 5) is 35.9. The number of rotatable bonds is 8. The number of hydrogen-bond donors (Lipinski definition) is 2. The molecule has 0 radical (unpaired) electrons. The summed E-state index contributed by atoms with van der Waals surface area (Å²) < 4.78 is 0. The van der Waals surface area contributed by atoms with Crippen LogP contribution in [-0.2, 0) is 16.0 Å². The molecule has 6 heteroatoms. The minimum Gasteiger partial charge on any atom is -0.478 e. The Morgan fingerprint density at radius 3 is 2.41 bits per heavy atom. The number of carboxylic acids is 1. The number of aryl methyl sites for hydroxylation is 1. The molecule has 22 heavy (non-hydrogen) atoms. The number of primary amides is 1. The monoisotopic (exact) mass is 306 g/mol. The lowest BCUT2D eigenvalue weighted by Crippen LogP contribution is -2.40. The van der Waals surface area contributed by atoms with Crippen molar-refractivity contribution in [3.8, 4) is 0 Å². The van der Waals surface area contributed by atoms with Crippen molar-refractivity contribution in [2.24, 2.45) is 11.7 Å². The first-order chi connectivity index (χ1) is 10.3. The Hall–Kier alpha value is -2.37. The van der Waals surface area contributed by atoms with E-state index in [1.807, 2.05) is 13.8 Å². The third-order valence-electron chi connectivity index (χ3n) is 3.14. The maximum atomic E-state index is 12.2. The second kappa shape index (κ2) is 8.17. The summed E-state index contributed by atoms with van der Waals surface area (Å²) in [6.45, 7) is 4.22. The fraction of sp³-hybridized carbons (Fsp3) is 0.438. The largest absolute Gasteiger partial charge is 0.478 e. The first kappa shape index (κ1) is 17.7. The van der Waals surface area contributed by atoms with Gasteiger partial charge < -0.3 is 15.7 Å². The molecule has 1 rings (SSSR count). The molecule has 6 nitrogen and oxygen atoms in total. The third-order valence-corrected chi connectivity index (χ3v) is 3.14. The fourth-order valence-corrected chi connectivity index (χ4v) is 2.23. The lowest BCUT2D eigenvalue weighted by atomic mass is 10.0. The molecule has 0 aliphatic heterocycles. The van der Waals surface area contributed by atoms with Gasteiger partial charge in [-0.15, -0.1) is 0 Å². The van der Waals surface area contributed by atoms with Crippen LogP contribution in [0.25, 0.3) is 0 Å². The zero-order valence-corrected chi connectivity index (χ0v) is 12.9. The van der Waals surface area contributed by atoms with Crippen molar-refractivity contribution in [1.82, 2.24) is 4.90 Å². The Morgan fingerprint density at radius 2 is 1.86 bits per heavy atom. The number of nitrogens with two attached hydrogens (primary N) is 1. The summed E-state index contributed by atoms with van der Waals surface area (Å²) in [7, 11) is 0. The SMILES string of the molecule is CC(C)CN(CC(N)=O)C(=O)CCc1ccccc1C(=O)O. The number of hydrogen-bond acceptors (Lipinski definition) is 3. The van der Waals surface area contributed by atoms with Crippen molar-refractivity contribution in [2.75, 3.05) is 13.1 Å². The van der Waals surface area contributed by atoms with E-state index >= 15 is 0 Å². The summed E-state index contributed by atoms with van der Waals surface area (Å²) in [6.07, 6.45) is 0.457. The molecule has 0 spiro atoms. The summed E-state index contributed by atoms with van der Waals surface area (Å²) in [5.74, 6) is -1.55. The van der Waals surface area contributed by atoms with Gasteiger partial charge in [0.15, 0.2) is 0 Å². The van der Waals surface area contributed by atoms with Crippen LogP contribution in [0.4, 0.5) is 0 Å². The normalized spacial score (nSPS) is 10.5. The van der Waals surface area contributed by atoms with Crippen LogP contribution in [-0.4, -0.2) is 40.9 Å². The maximum Gasteiger partial charge on any atom is 0.335 e. The van der Waals surface area contributed by atoms with Gasteiger partial charge in [0, 0.05) is 13.0 Å². The molecule has 3 N–H and O–H groups in total. The minimum atomic E-state index is -1.01. The zero-order valence-electron chi connectivity index (χ0n) is 12.9. The second-order valence-electron chi connectivity index (χ2n) is 5.60. The van der Waals surface area contributed by atoms with Crippen LogP contribution in [0, 0.1) is 5.92 Å². The molecule has 120 valence electrons. The molecule has 0 fully saturated rings. The van der Waals surface area contributed by atoms with E-state index in [2.05, 4.69) is 0 Å². The van der Waals surface area contributed by atoms with Gasteiger partial charge >= 0.3 is 5.97 Å². The van der Waals surface area contributed by atoms with Crippen LogP contribution in [0.5, 0.6) is 0 Å². The third kappa shape index (κ3) is 5.55. The van der Waals surface area contributed by atoms with E-state index < -0.39 is 11.9 Å². The number of nitrogens with zero attached hydrogens (tertiary/aromatic N) is 1. The summed E-state index contributed by atoms with van der Waals surface area (Å²) >= 11 is 0. The second-order valence-corrected chi connectivity index (χ2v) is 5.60. The Morgan fingerprint density at radius 1 is 1.23 bits per heavy atom. The quantitative estimate of drug-likeness (QED) is 0.755. The number of amides is 2. The summed E-state index contributed by atoms with van der Waals surface area (Å²) in [5, 5.41) is 9.12. The lowest BCUT2D eigenvalue weighted by Gasteiger charge is -2.23. The molecule has 1 aromatic rings. The Bertz CT molecular complexity index is 555. The molecule has 0 aromatic heterocycles. The van der Waals surface area contributed by atoms with Crippen LogP contribution in [0.2, 0.25) is 0 Å². The van der Waals surface area contributed by atoms with Gasteiger partial charge in [0.25, 0.3) is 0 Å². The van der Waals surface area contributed by atoms with Crippen LogP contribution in [0.3, 0.4) is 0 Å².